The molecule has 2 atom stereocenters. The van der Waals surface area contributed by atoms with Crippen LogP contribution in [0.5, 0.6) is 0 Å². The summed E-state index contributed by atoms with van der Waals surface area (Å²) in [6.45, 7) is 10.1. The molecule has 1 aliphatic rings. The van der Waals surface area contributed by atoms with E-state index in [-0.39, 0.29) is 0 Å². The summed E-state index contributed by atoms with van der Waals surface area (Å²) < 4.78 is 0. The number of hydrogen-bond acceptors (Lipinski definition) is 4. The van der Waals surface area contributed by atoms with E-state index in [0.29, 0.717) is 16.7 Å². The predicted molar refractivity (Wildman–Crippen MR) is 81.5 cm³/mol. The zero-order valence-electron chi connectivity index (χ0n) is 12.4. The fraction of sp³-hybridized carbons (Fsp3) is 0.733. The third kappa shape index (κ3) is 3.69. The van der Waals surface area contributed by atoms with Gasteiger partial charge in [-0.05, 0) is 43.7 Å². The number of nitrogens with zero attached hydrogens (tertiary/aromatic N) is 2. The van der Waals surface area contributed by atoms with Gasteiger partial charge in [-0.25, -0.2) is 9.97 Å². The largest absolute Gasteiger partial charge is 0.312 e. The normalized spacial score (nSPS) is 25.7. The average molecular weight is 279 g/mol. The van der Waals surface area contributed by atoms with Gasteiger partial charge >= 0.3 is 0 Å². The SMILES string of the molecule is CCCNC1C(Sc2ncc(C)cn2)CCC1(C)C. The summed E-state index contributed by atoms with van der Waals surface area (Å²) in [6, 6.07) is 0.558. The van der Waals surface area contributed by atoms with Gasteiger partial charge in [0, 0.05) is 23.7 Å². The molecule has 0 radical (unpaired) electrons. The van der Waals surface area contributed by atoms with Gasteiger partial charge in [0.25, 0.3) is 0 Å². The summed E-state index contributed by atoms with van der Waals surface area (Å²) >= 11 is 1.84. The van der Waals surface area contributed by atoms with Crippen LogP contribution < -0.4 is 5.32 Å². The van der Waals surface area contributed by atoms with Crippen LogP contribution in [0.15, 0.2) is 17.6 Å². The molecule has 4 heteroatoms. The third-order valence-corrected chi connectivity index (χ3v) is 5.15. The maximum absolute atomic E-state index is 4.43. The standard InChI is InChI=1S/C15H25N3S/c1-5-8-16-13-12(6-7-15(13,3)4)19-14-17-9-11(2)10-18-14/h9-10,12-13,16H,5-8H2,1-4H3. The molecule has 0 bridgehead atoms. The Morgan fingerprint density at radius 3 is 2.68 bits per heavy atom. The van der Waals surface area contributed by atoms with Crippen LogP contribution in [0, 0.1) is 12.3 Å². The van der Waals surface area contributed by atoms with Gasteiger partial charge < -0.3 is 5.32 Å². The van der Waals surface area contributed by atoms with Crippen LogP contribution in [0.3, 0.4) is 0 Å². The Bertz CT molecular complexity index is 402. The summed E-state index contributed by atoms with van der Waals surface area (Å²) in [7, 11) is 0. The molecular formula is C15H25N3S. The Hall–Kier alpha value is -0.610. The Kier molecular flexibility index (Phi) is 4.85. The molecule has 2 unspecified atom stereocenters. The van der Waals surface area contributed by atoms with Crippen molar-refractivity contribution in [2.24, 2.45) is 5.41 Å². The minimum Gasteiger partial charge on any atom is -0.312 e. The minimum absolute atomic E-state index is 0.373. The molecule has 19 heavy (non-hydrogen) atoms. The molecule has 106 valence electrons. The highest BCUT2D eigenvalue weighted by atomic mass is 32.2. The van der Waals surface area contributed by atoms with Gasteiger partial charge in [-0.3, -0.25) is 0 Å². The first-order chi connectivity index (χ1) is 9.03. The lowest BCUT2D eigenvalue weighted by Crippen LogP contribution is -2.43. The number of aromatic nitrogens is 2. The first-order valence-electron chi connectivity index (χ1n) is 7.21. The number of hydrogen-bond donors (Lipinski definition) is 1. The lowest BCUT2D eigenvalue weighted by molar-refractivity contribution is 0.287. The summed E-state index contributed by atoms with van der Waals surface area (Å²) in [5.74, 6) is 0. The number of thioether (sulfide) groups is 1. The molecule has 0 spiro atoms. The molecule has 0 amide bonds. The molecule has 2 rings (SSSR count). The minimum atomic E-state index is 0.373. The van der Waals surface area contributed by atoms with Crippen LogP contribution in [0.4, 0.5) is 0 Å². The lowest BCUT2D eigenvalue weighted by Gasteiger charge is -2.31. The number of rotatable bonds is 5. The molecule has 0 aliphatic heterocycles. The summed E-state index contributed by atoms with van der Waals surface area (Å²) in [6.07, 6.45) is 7.52. The molecular weight excluding hydrogens is 254 g/mol. The van der Waals surface area contributed by atoms with Gasteiger partial charge in [-0.1, -0.05) is 32.5 Å². The highest BCUT2D eigenvalue weighted by molar-refractivity contribution is 7.99. The van der Waals surface area contributed by atoms with E-state index < -0.39 is 0 Å². The predicted octanol–water partition coefficient (Wildman–Crippen LogP) is 3.43. The van der Waals surface area contributed by atoms with E-state index in [2.05, 4.69) is 36.1 Å². The second-order valence-corrected chi connectivity index (χ2v) is 7.36. The quantitative estimate of drug-likeness (QED) is 0.838. The van der Waals surface area contributed by atoms with Crippen LogP contribution in [0.2, 0.25) is 0 Å². The van der Waals surface area contributed by atoms with Gasteiger partial charge in [-0.15, -0.1) is 0 Å². The highest BCUT2D eigenvalue weighted by Gasteiger charge is 2.42. The van der Waals surface area contributed by atoms with Gasteiger partial charge in [0.1, 0.15) is 0 Å². The first kappa shape index (κ1) is 14.8. The van der Waals surface area contributed by atoms with E-state index in [4.69, 9.17) is 0 Å². The molecule has 1 aromatic heterocycles. The van der Waals surface area contributed by atoms with Gasteiger partial charge in [-0.2, -0.15) is 0 Å². The van der Waals surface area contributed by atoms with Crippen LogP contribution in [0.25, 0.3) is 0 Å². The Labute approximate surface area is 121 Å². The fourth-order valence-electron chi connectivity index (χ4n) is 2.75. The van der Waals surface area contributed by atoms with E-state index in [1.54, 1.807) is 0 Å². The summed E-state index contributed by atoms with van der Waals surface area (Å²) in [5.41, 5.74) is 1.49. The van der Waals surface area contributed by atoms with E-state index in [9.17, 15) is 0 Å². The molecule has 1 aliphatic carbocycles. The van der Waals surface area contributed by atoms with Gasteiger partial charge in [0.05, 0.1) is 0 Å². The van der Waals surface area contributed by atoms with Gasteiger partial charge in [0.2, 0.25) is 0 Å². The molecule has 1 N–H and O–H groups in total. The smallest absolute Gasteiger partial charge is 0.187 e. The molecule has 1 saturated carbocycles. The van der Waals surface area contributed by atoms with E-state index in [0.717, 1.165) is 17.3 Å². The molecule has 1 fully saturated rings. The molecule has 0 aromatic carbocycles. The van der Waals surface area contributed by atoms with Crippen molar-refractivity contribution in [2.75, 3.05) is 6.54 Å². The van der Waals surface area contributed by atoms with Crippen LogP contribution in [0.1, 0.15) is 45.6 Å². The van der Waals surface area contributed by atoms with E-state index in [1.807, 2.05) is 31.1 Å². The van der Waals surface area contributed by atoms with Crippen molar-refractivity contribution in [1.29, 1.82) is 0 Å². The first-order valence-corrected chi connectivity index (χ1v) is 8.09. The van der Waals surface area contributed by atoms with Crippen LogP contribution in [-0.2, 0) is 0 Å². The fourth-order valence-corrected chi connectivity index (χ4v) is 4.09. The zero-order chi connectivity index (χ0) is 13.9. The zero-order valence-corrected chi connectivity index (χ0v) is 13.3. The van der Waals surface area contributed by atoms with Crippen molar-refractivity contribution >= 4 is 11.8 Å². The van der Waals surface area contributed by atoms with Crippen LogP contribution >= 0.6 is 11.8 Å². The number of aryl methyl sites for hydroxylation is 1. The molecule has 1 aromatic rings. The third-order valence-electron chi connectivity index (χ3n) is 3.92. The second kappa shape index (κ2) is 6.23. The maximum atomic E-state index is 4.43. The average Bonchev–Trinajstić information content (AvgIpc) is 2.65. The maximum Gasteiger partial charge on any atom is 0.187 e. The van der Waals surface area contributed by atoms with Crippen molar-refractivity contribution in [3.63, 3.8) is 0 Å². The number of nitrogens with one attached hydrogen (secondary N) is 1. The molecule has 1 heterocycles. The van der Waals surface area contributed by atoms with Gasteiger partial charge in [0.15, 0.2) is 5.16 Å². The molecule has 3 nitrogen and oxygen atoms in total. The van der Waals surface area contributed by atoms with Crippen molar-refractivity contribution in [2.45, 2.75) is 63.4 Å². The van der Waals surface area contributed by atoms with Crippen molar-refractivity contribution < 1.29 is 0 Å². The monoisotopic (exact) mass is 279 g/mol. The van der Waals surface area contributed by atoms with Crippen molar-refractivity contribution in [3.8, 4) is 0 Å². The van der Waals surface area contributed by atoms with Crippen LogP contribution in [-0.4, -0.2) is 27.8 Å². The topological polar surface area (TPSA) is 37.8 Å². The molecule has 0 saturated heterocycles. The highest BCUT2D eigenvalue weighted by Crippen LogP contribution is 2.44. The Balaban J connectivity index is 2.03. The Morgan fingerprint density at radius 1 is 1.37 bits per heavy atom. The van der Waals surface area contributed by atoms with Crippen molar-refractivity contribution in [1.82, 2.24) is 15.3 Å². The summed E-state index contributed by atoms with van der Waals surface area (Å²) in [5, 5.41) is 5.23. The van der Waals surface area contributed by atoms with E-state index >= 15 is 0 Å². The van der Waals surface area contributed by atoms with Crippen molar-refractivity contribution in [3.05, 3.63) is 18.0 Å². The lowest BCUT2D eigenvalue weighted by atomic mass is 9.87. The Morgan fingerprint density at radius 2 is 2.05 bits per heavy atom. The summed E-state index contributed by atoms with van der Waals surface area (Å²) in [4.78, 5) is 8.86. The van der Waals surface area contributed by atoms with E-state index in [1.165, 1.54) is 19.3 Å². The second-order valence-electron chi connectivity index (χ2n) is 6.16.